The van der Waals surface area contributed by atoms with Gasteiger partial charge in [-0.15, -0.1) is 5.10 Å². The van der Waals surface area contributed by atoms with Crippen LogP contribution >= 0.6 is 0 Å². The van der Waals surface area contributed by atoms with Gasteiger partial charge in [0, 0.05) is 0 Å². The van der Waals surface area contributed by atoms with Crippen LogP contribution in [0.1, 0.15) is 10.5 Å². The lowest BCUT2D eigenvalue weighted by Gasteiger charge is -2.01. The molecule has 1 aromatic carbocycles. The zero-order chi connectivity index (χ0) is 12.3. The number of methoxy groups -OCH3 is 2. The van der Waals surface area contributed by atoms with E-state index in [-0.39, 0.29) is 5.69 Å². The molecule has 0 N–H and O–H groups in total. The Bertz CT molecular complexity index is 519. The molecule has 1 aromatic heterocycles. The molecular formula is C11H11N3O3. The van der Waals surface area contributed by atoms with Crippen molar-refractivity contribution in [2.75, 3.05) is 14.2 Å². The summed E-state index contributed by atoms with van der Waals surface area (Å²) in [5.41, 5.74) is 0.955. The van der Waals surface area contributed by atoms with E-state index < -0.39 is 5.97 Å². The number of nitrogens with zero attached hydrogens (tertiary/aromatic N) is 3. The molecule has 1 heterocycles. The van der Waals surface area contributed by atoms with Crippen molar-refractivity contribution in [3.8, 4) is 11.4 Å². The fourth-order valence-electron chi connectivity index (χ4n) is 1.32. The van der Waals surface area contributed by atoms with Gasteiger partial charge < -0.3 is 9.47 Å². The standard InChI is InChI=1S/C11H11N3O3/c1-16-9-5-3-8(4-6-9)14-7-10(12-13-14)11(15)17-2/h3-7H,1-2H3. The van der Waals surface area contributed by atoms with Gasteiger partial charge in [-0.2, -0.15) is 0 Å². The Balaban J connectivity index is 2.27. The van der Waals surface area contributed by atoms with Crippen molar-refractivity contribution < 1.29 is 14.3 Å². The Kier molecular flexibility index (Phi) is 3.04. The first kappa shape index (κ1) is 11.1. The number of hydrogen-bond donors (Lipinski definition) is 0. The fourth-order valence-corrected chi connectivity index (χ4v) is 1.32. The van der Waals surface area contributed by atoms with Crippen LogP contribution in [0.3, 0.4) is 0 Å². The van der Waals surface area contributed by atoms with Gasteiger partial charge in [-0.1, -0.05) is 5.21 Å². The molecule has 6 nitrogen and oxygen atoms in total. The predicted molar refractivity (Wildman–Crippen MR) is 59.3 cm³/mol. The summed E-state index contributed by atoms with van der Waals surface area (Å²) < 4.78 is 11.1. The molecule has 88 valence electrons. The van der Waals surface area contributed by atoms with Gasteiger partial charge in [0.2, 0.25) is 0 Å². The van der Waals surface area contributed by atoms with Crippen molar-refractivity contribution in [1.29, 1.82) is 0 Å². The predicted octanol–water partition coefficient (Wildman–Crippen LogP) is 1.06. The zero-order valence-corrected chi connectivity index (χ0v) is 9.45. The highest BCUT2D eigenvalue weighted by atomic mass is 16.5. The van der Waals surface area contributed by atoms with Crippen LogP contribution in [-0.4, -0.2) is 35.2 Å². The first-order chi connectivity index (χ1) is 8.24. The second-order valence-corrected chi connectivity index (χ2v) is 3.24. The van der Waals surface area contributed by atoms with Gasteiger partial charge in [0.05, 0.1) is 26.1 Å². The largest absolute Gasteiger partial charge is 0.497 e. The summed E-state index contributed by atoms with van der Waals surface area (Å²) in [6.45, 7) is 0. The maximum atomic E-state index is 11.2. The highest BCUT2D eigenvalue weighted by molar-refractivity contribution is 5.86. The lowest BCUT2D eigenvalue weighted by molar-refractivity contribution is 0.0594. The van der Waals surface area contributed by atoms with E-state index in [1.54, 1.807) is 19.2 Å². The highest BCUT2D eigenvalue weighted by Crippen LogP contribution is 2.14. The first-order valence-corrected chi connectivity index (χ1v) is 4.89. The molecule has 2 aromatic rings. The molecular weight excluding hydrogens is 222 g/mol. The molecule has 0 bridgehead atoms. The zero-order valence-electron chi connectivity index (χ0n) is 9.45. The molecule has 0 aliphatic carbocycles. The summed E-state index contributed by atoms with van der Waals surface area (Å²) in [6.07, 6.45) is 1.51. The molecule has 0 unspecified atom stereocenters. The minimum absolute atomic E-state index is 0.170. The van der Waals surface area contributed by atoms with Crippen LogP contribution in [-0.2, 0) is 4.74 Å². The van der Waals surface area contributed by atoms with Crippen molar-refractivity contribution in [2.24, 2.45) is 0 Å². The van der Waals surface area contributed by atoms with E-state index in [0.717, 1.165) is 11.4 Å². The third-order valence-corrected chi connectivity index (χ3v) is 2.22. The van der Waals surface area contributed by atoms with Crippen molar-refractivity contribution >= 4 is 5.97 Å². The third-order valence-electron chi connectivity index (χ3n) is 2.22. The quantitative estimate of drug-likeness (QED) is 0.741. The van der Waals surface area contributed by atoms with Crippen LogP contribution in [0.15, 0.2) is 30.5 Å². The number of rotatable bonds is 3. The smallest absolute Gasteiger partial charge is 0.360 e. The van der Waals surface area contributed by atoms with Crippen molar-refractivity contribution in [1.82, 2.24) is 15.0 Å². The summed E-state index contributed by atoms with van der Waals surface area (Å²) >= 11 is 0. The molecule has 0 radical (unpaired) electrons. The maximum absolute atomic E-state index is 11.2. The molecule has 0 spiro atoms. The van der Waals surface area contributed by atoms with E-state index in [0.29, 0.717) is 0 Å². The molecule has 0 amide bonds. The van der Waals surface area contributed by atoms with Gasteiger partial charge in [-0.3, -0.25) is 0 Å². The Hall–Kier alpha value is -2.37. The molecule has 0 aliphatic heterocycles. The molecule has 6 heteroatoms. The number of benzene rings is 1. The van der Waals surface area contributed by atoms with Crippen LogP contribution in [0.2, 0.25) is 0 Å². The summed E-state index contributed by atoms with van der Waals surface area (Å²) in [6, 6.07) is 7.23. The topological polar surface area (TPSA) is 66.2 Å². The highest BCUT2D eigenvalue weighted by Gasteiger charge is 2.11. The van der Waals surface area contributed by atoms with E-state index in [4.69, 9.17) is 4.74 Å². The number of ether oxygens (including phenoxy) is 2. The van der Waals surface area contributed by atoms with E-state index in [9.17, 15) is 4.79 Å². The van der Waals surface area contributed by atoms with Gasteiger partial charge in [-0.05, 0) is 24.3 Å². The van der Waals surface area contributed by atoms with Gasteiger partial charge in [0.1, 0.15) is 5.75 Å². The molecule has 0 aliphatic rings. The Morgan fingerprint density at radius 2 is 1.94 bits per heavy atom. The monoisotopic (exact) mass is 233 g/mol. The first-order valence-electron chi connectivity index (χ1n) is 4.89. The second-order valence-electron chi connectivity index (χ2n) is 3.24. The SMILES string of the molecule is COC(=O)c1cn(-c2ccc(OC)cc2)nn1. The average Bonchev–Trinajstić information content (AvgIpc) is 2.87. The molecule has 0 saturated carbocycles. The van der Waals surface area contributed by atoms with Crippen LogP contribution in [0.5, 0.6) is 5.75 Å². The summed E-state index contributed by atoms with van der Waals surface area (Å²) in [5.74, 6) is 0.242. The number of hydrogen-bond acceptors (Lipinski definition) is 5. The Labute approximate surface area is 97.8 Å². The lowest BCUT2D eigenvalue weighted by atomic mass is 10.3. The molecule has 2 rings (SSSR count). The van der Waals surface area contributed by atoms with E-state index in [1.807, 2.05) is 12.1 Å². The van der Waals surface area contributed by atoms with Gasteiger partial charge >= 0.3 is 5.97 Å². The minimum atomic E-state index is -0.509. The molecule has 0 atom stereocenters. The summed E-state index contributed by atoms with van der Waals surface area (Å²) in [4.78, 5) is 11.2. The second kappa shape index (κ2) is 4.65. The number of esters is 1. The van der Waals surface area contributed by atoms with Gasteiger partial charge in [-0.25, -0.2) is 9.48 Å². The van der Waals surface area contributed by atoms with Crippen molar-refractivity contribution in [2.45, 2.75) is 0 Å². The number of carbonyl (C=O) groups excluding carboxylic acids is 1. The summed E-state index contributed by atoms with van der Waals surface area (Å²) in [5, 5.41) is 7.55. The van der Waals surface area contributed by atoms with Gasteiger partial charge in [0.15, 0.2) is 5.69 Å². The normalized spacial score (nSPS) is 10.0. The van der Waals surface area contributed by atoms with Crippen molar-refractivity contribution in [3.05, 3.63) is 36.2 Å². The Morgan fingerprint density at radius 1 is 1.24 bits per heavy atom. The van der Waals surface area contributed by atoms with Crippen LogP contribution < -0.4 is 4.74 Å². The van der Waals surface area contributed by atoms with Crippen LogP contribution in [0.25, 0.3) is 5.69 Å². The van der Waals surface area contributed by atoms with Gasteiger partial charge in [0.25, 0.3) is 0 Å². The van der Waals surface area contributed by atoms with E-state index in [2.05, 4.69) is 15.0 Å². The Morgan fingerprint density at radius 3 is 2.53 bits per heavy atom. The van der Waals surface area contributed by atoms with Crippen molar-refractivity contribution in [3.63, 3.8) is 0 Å². The number of aromatic nitrogens is 3. The van der Waals surface area contributed by atoms with Crippen LogP contribution in [0, 0.1) is 0 Å². The number of carbonyl (C=O) groups is 1. The summed E-state index contributed by atoms with van der Waals surface area (Å²) in [7, 11) is 2.90. The molecule has 0 saturated heterocycles. The van der Waals surface area contributed by atoms with E-state index in [1.165, 1.54) is 18.0 Å². The fraction of sp³-hybridized carbons (Fsp3) is 0.182. The molecule has 0 fully saturated rings. The van der Waals surface area contributed by atoms with Crippen LogP contribution in [0.4, 0.5) is 0 Å². The molecule has 17 heavy (non-hydrogen) atoms. The minimum Gasteiger partial charge on any atom is -0.497 e. The lowest BCUT2D eigenvalue weighted by Crippen LogP contribution is -2.01. The average molecular weight is 233 g/mol. The van der Waals surface area contributed by atoms with E-state index >= 15 is 0 Å². The maximum Gasteiger partial charge on any atom is 0.360 e. The third kappa shape index (κ3) is 2.25.